The van der Waals surface area contributed by atoms with Gasteiger partial charge in [0.2, 0.25) is 5.89 Å². The first-order valence-electron chi connectivity index (χ1n) is 10.3. The molecule has 1 atom stereocenters. The maximum Gasteiger partial charge on any atom is 0.263 e. The number of carbonyl (C=O) groups is 1. The van der Waals surface area contributed by atoms with E-state index in [1.165, 1.54) is 6.26 Å². The lowest BCUT2D eigenvalue weighted by molar-refractivity contribution is 0.0947. The predicted octanol–water partition coefficient (Wildman–Crippen LogP) is 3.16. The lowest BCUT2D eigenvalue weighted by Crippen LogP contribution is -2.37. The first-order valence-corrected chi connectivity index (χ1v) is 10.3. The van der Waals surface area contributed by atoms with Crippen molar-refractivity contribution < 1.29 is 9.21 Å². The highest BCUT2D eigenvalue weighted by molar-refractivity contribution is 5.95. The minimum Gasteiger partial charge on any atom is -0.444 e. The fourth-order valence-electron chi connectivity index (χ4n) is 3.80. The van der Waals surface area contributed by atoms with Crippen molar-refractivity contribution in [3.05, 3.63) is 76.0 Å². The molecule has 1 aromatic carbocycles. The summed E-state index contributed by atoms with van der Waals surface area (Å²) in [5.74, 6) is 0.513. The molecule has 3 aromatic rings. The summed E-state index contributed by atoms with van der Waals surface area (Å²) in [5.41, 5.74) is 2.08. The van der Waals surface area contributed by atoms with Crippen molar-refractivity contribution in [2.45, 2.75) is 32.9 Å². The molecule has 8 heteroatoms. The number of hydrogen-bond donors (Lipinski definition) is 2. The summed E-state index contributed by atoms with van der Waals surface area (Å²) < 4.78 is 7.16. The van der Waals surface area contributed by atoms with Gasteiger partial charge in [0.25, 0.3) is 11.5 Å². The van der Waals surface area contributed by atoms with Crippen LogP contribution in [0.3, 0.4) is 0 Å². The van der Waals surface area contributed by atoms with Crippen molar-refractivity contribution in [1.29, 1.82) is 0 Å². The molecule has 1 amide bonds. The van der Waals surface area contributed by atoms with Crippen LogP contribution >= 0.6 is 12.4 Å². The molecule has 1 aliphatic rings. The zero-order valence-electron chi connectivity index (χ0n) is 17.5. The molecule has 0 bridgehead atoms. The zero-order chi connectivity index (χ0) is 20.9. The second-order valence-corrected chi connectivity index (χ2v) is 7.74. The second kappa shape index (κ2) is 10.4. The summed E-state index contributed by atoms with van der Waals surface area (Å²) in [7, 11) is 0. The maximum absolute atomic E-state index is 13.0. The Bertz CT molecular complexity index is 1070. The van der Waals surface area contributed by atoms with Gasteiger partial charge in [-0.15, -0.1) is 12.4 Å². The number of nitrogens with zero attached hydrogens (tertiary/aromatic N) is 2. The number of benzene rings is 1. The molecule has 164 valence electrons. The van der Waals surface area contributed by atoms with Crippen LogP contribution in [0.25, 0.3) is 11.5 Å². The standard InChI is InChI=1S/C23H26N4O3.ClH/c1-16-9-11-27(14-17-6-5-10-24-12-17)23(29)20(16)21(28)25-13-19-15-30-22(26-19)18-7-3-2-4-8-18;/h2-4,7-9,11,15,17,24H,5-6,10,12-14H2,1H3,(H,25,28);1H. The lowest BCUT2D eigenvalue weighted by Gasteiger charge is -2.23. The minimum atomic E-state index is -0.391. The summed E-state index contributed by atoms with van der Waals surface area (Å²) in [4.78, 5) is 30.2. The SMILES string of the molecule is Cc1ccn(CC2CCCNC2)c(=O)c1C(=O)NCc1coc(-c2ccccc2)n1.Cl. The molecule has 1 aliphatic heterocycles. The third-order valence-corrected chi connectivity index (χ3v) is 5.46. The Morgan fingerprint density at radius 1 is 1.29 bits per heavy atom. The molecule has 1 fully saturated rings. The Balaban J connectivity index is 0.00000272. The molecule has 2 aromatic heterocycles. The highest BCUT2D eigenvalue weighted by atomic mass is 35.5. The number of nitrogens with one attached hydrogen (secondary N) is 2. The van der Waals surface area contributed by atoms with E-state index in [1.807, 2.05) is 36.4 Å². The molecule has 0 saturated carbocycles. The fourth-order valence-corrected chi connectivity index (χ4v) is 3.80. The highest BCUT2D eigenvalue weighted by Gasteiger charge is 2.19. The number of carbonyl (C=O) groups excluding carboxylic acids is 1. The van der Waals surface area contributed by atoms with Crippen LogP contribution in [-0.2, 0) is 13.1 Å². The molecule has 1 saturated heterocycles. The number of aryl methyl sites for hydroxylation is 1. The molecule has 31 heavy (non-hydrogen) atoms. The van der Waals surface area contributed by atoms with Crippen LogP contribution in [0, 0.1) is 12.8 Å². The Hall–Kier alpha value is -2.90. The summed E-state index contributed by atoms with van der Waals surface area (Å²) in [6, 6.07) is 11.4. The topological polar surface area (TPSA) is 89.2 Å². The summed E-state index contributed by atoms with van der Waals surface area (Å²) >= 11 is 0. The Morgan fingerprint density at radius 3 is 2.84 bits per heavy atom. The van der Waals surface area contributed by atoms with Gasteiger partial charge in [-0.2, -0.15) is 0 Å². The molecule has 2 N–H and O–H groups in total. The van der Waals surface area contributed by atoms with Gasteiger partial charge < -0.3 is 19.6 Å². The quantitative estimate of drug-likeness (QED) is 0.612. The first-order chi connectivity index (χ1) is 14.6. The van der Waals surface area contributed by atoms with Crippen LogP contribution in [0.5, 0.6) is 0 Å². The molecule has 7 nitrogen and oxygen atoms in total. The van der Waals surface area contributed by atoms with Crippen LogP contribution in [0.2, 0.25) is 0 Å². The molecule has 0 spiro atoms. The monoisotopic (exact) mass is 442 g/mol. The van der Waals surface area contributed by atoms with Gasteiger partial charge in [-0.1, -0.05) is 18.2 Å². The lowest BCUT2D eigenvalue weighted by atomic mass is 9.99. The van der Waals surface area contributed by atoms with Gasteiger partial charge in [0.05, 0.1) is 12.2 Å². The molecule has 0 radical (unpaired) electrons. The largest absolute Gasteiger partial charge is 0.444 e. The summed E-state index contributed by atoms with van der Waals surface area (Å²) in [6.07, 6.45) is 5.51. The van der Waals surface area contributed by atoms with E-state index in [0.29, 0.717) is 29.6 Å². The zero-order valence-corrected chi connectivity index (χ0v) is 18.3. The van der Waals surface area contributed by atoms with Gasteiger partial charge >= 0.3 is 0 Å². The fraction of sp³-hybridized carbons (Fsp3) is 0.348. The van der Waals surface area contributed by atoms with E-state index in [4.69, 9.17) is 4.42 Å². The number of hydrogen-bond acceptors (Lipinski definition) is 5. The van der Waals surface area contributed by atoms with E-state index in [2.05, 4.69) is 15.6 Å². The molecule has 1 unspecified atom stereocenters. The van der Waals surface area contributed by atoms with Crippen LogP contribution in [-0.4, -0.2) is 28.5 Å². The number of amides is 1. The van der Waals surface area contributed by atoms with Gasteiger partial charge in [0, 0.05) is 18.3 Å². The van der Waals surface area contributed by atoms with E-state index in [1.54, 1.807) is 17.7 Å². The van der Waals surface area contributed by atoms with Crippen molar-refractivity contribution in [3.63, 3.8) is 0 Å². The highest BCUT2D eigenvalue weighted by Crippen LogP contribution is 2.18. The summed E-state index contributed by atoms with van der Waals surface area (Å²) in [6.45, 7) is 4.52. The van der Waals surface area contributed by atoms with E-state index in [-0.39, 0.29) is 30.1 Å². The van der Waals surface area contributed by atoms with Crippen molar-refractivity contribution in [2.24, 2.45) is 5.92 Å². The van der Waals surface area contributed by atoms with Gasteiger partial charge in [0.15, 0.2) is 0 Å². The molecule has 3 heterocycles. The second-order valence-electron chi connectivity index (χ2n) is 7.74. The molecule has 4 rings (SSSR count). The molecular weight excluding hydrogens is 416 g/mol. The number of piperidine rings is 1. The van der Waals surface area contributed by atoms with Gasteiger partial charge in [0.1, 0.15) is 11.8 Å². The van der Waals surface area contributed by atoms with Gasteiger partial charge in [-0.05, 0) is 62.5 Å². The summed E-state index contributed by atoms with van der Waals surface area (Å²) in [5, 5.41) is 6.17. The predicted molar refractivity (Wildman–Crippen MR) is 121 cm³/mol. The normalized spacial score (nSPS) is 15.8. The average molecular weight is 443 g/mol. The third kappa shape index (κ3) is 5.42. The van der Waals surface area contributed by atoms with E-state index in [9.17, 15) is 9.59 Å². The molecular formula is C23H27ClN4O3. The Morgan fingerprint density at radius 2 is 2.10 bits per heavy atom. The number of halogens is 1. The van der Waals surface area contributed by atoms with Crippen LogP contribution < -0.4 is 16.2 Å². The Labute approximate surface area is 187 Å². The van der Waals surface area contributed by atoms with E-state index < -0.39 is 5.91 Å². The number of aromatic nitrogens is 2. The number of pyridine rings is 1. The number of oxazole rings is 1. The van der Waals surface area contributed by atoms with Crippen molar-refractivity contribution in [1.82, 2.24) is 20.2 Å². The van der Waals surface area contributed by atoms with E-state index in [0.717, 1.165) is 31.5 Å². The van der Waals surface area contributed by atoms with Crippen molar-refractivity contribution in [3.8, 4) is 11.5 Å². The maximum atomic E-state index is 13.0. The van der Waals surface area contributed by atoms with E-state index >= 15 is 0 Å². The van der Waals surface area contributed by atoms with Crippen LogP contribution in [0.15, 0.2) is 58.1 Å². The third-order valence-electron chi connectivity index (χ3n) is 5.46. The van der Waals surface area contributed by atoms with Gasteiger partial charge in [-0.3, -0.25) is 9.59 Å². The average Bonchev–Trinajstić information content (AvgIpc) is 3.25. The van der Waals surface area contributed by atoms with Gasteiger partial charge in [-0.25, -0.2) is 4.98 Å². The smallest absolute Gasteiger partial charge is 0.263 e. The van der Waals surface area contributed by atoms with Crippen LogP contribution in [0.4, 0.5) is 0 Å². The minimum absolute atomic E-state index is 0. The molecule has 0 aliphatic carbocycles. The van der Waals surface area contributed by atoms with Crippen molar-refractivity contribution in [2.75, 3.05) is 13.1 Å². The van der Waals surface area contributed by atoms with Crippen molar-refractivity contribution >= 4 is 18.3 Å². The number of rotatable bonds is 6. The first kappa shape index (κ1) is 22.8. The Kier molecular flexibility index (Phi) is 7.65. The van der Waals surface area contributed by atoms with Crippen LogP contribution in [0.1, 0.15) is 34.5 Å².